The van der Waals surface area contributed by atoms with Gasteiger partial charge in [-0.05, 0) is 34.2 Å². The lowest BCUT2D eigenvalue weighted by Crippen LogP contribution is -2.43. The largest absolute Gasteiger partial charge is 0.348 e. The fourth-order valence-electron chi connectivity index (χ4n) is 1.48. The van der Waals surface area contributed by atoms with Crippen LogP contribution in [0.15, 0.2) is 11.6 Å². The first-order valence-electron chi connectivity index (χ1n) is 5.08. The Morgan fingerprint density at radius 2 is 2.14 bits per heavy atom. The van der Waals surface area contributed by atoms with E-state index in [4.69, 9.17) is 0 Å². The predicted molar refractivity (Wildman–Crippen MR) is 58.1 cm³/mol. The van der Waals surface area contributed by atoms with Gasteiger partial charge in [-0.3, -0.25) is 4.79 Å². The van der Waals surface area contributed by atoms with Gasteiger partial charge >= 0.3 is 0 Å². The molecule has 3 nitrogen and oxygen atoms in total. The van der Waals surface area contributed by atoms with Gasteiger partial charge in [-0.1, -0.05) is 6.08 Å². The van der Waals surface area contributed by atoms with Crippen molar-refractivity contribution in [3.05, 3.63) is 11.6 Å². The van der Waals surface area contributed by atoms with Crippen LogP contribution in [0.4, 0.5) is 0 Å². The van der Waals surface area contributed by atoms with Crippen LogP contribution in [-0.4, -0.2) is 36.5 Å². The van der Waals surface area contributed by atoms with Gasteiger partial charge in [-0.2, -0.15) is 0 Å². The van der Waals surface area contributed by atoms with Crippen molar-refractivity contribution in [2.45, 2.75) is 32.7 Å². The van der Waals surface area contributed by atoms with Crippen LogP contribution in [0.1, 0.15) is 27.2 Å². The maximum absolute atomic E-state index is 11.8. The van der Waals surface area contributed by atoms with Crippen molar-refractivity contribution in [3.8, 4) is 0 Å². The number of carbonyl (C=O) groups is 1. The fraction of sp³-hybridized carbons (Fsp3) is 0.727. The maximum atomic E-state index is 11.8. The quantitative estimate of drug-likeness (QED) is 0.682. The molecule has 0 aromatic carbocycles. The summed E-state index contributed by atoms with van der Waals surface area (Å²) in [4.78, 5) is 13.9. The van der Waals surface area contributed by atoms with Crippen LogP contribution in [-0.2, 0) is 4.79 Å². The first-order chi connectivity index (χ1) is 6.38. The van der Waals surface area contributed by atoms with E-state index in [1.165, 1.54) is 0 Å². The molecule has 1 rings (SSSR count). The van der Waals surface area contributed by atoms with Crippen LogP contribution in [0.5, 0.6) is 0 Å². The second-order valence-corrected chi connectivity index (χ2v) is 4.96. The van der Waals surface area contributed by atoms with E-state index < -0.39 is 0 Å². The molecule has 1 amide bonds. The Morgan fingerprint density at radius 3 is 2.64 bits per heavy atom. The van der Waals surface area contributed by atoms with E-state index in [1.807, 2.05) is 33.9 Å². The lowest BCUT2D eigenvalue weighted by Gasteiger charge is -2.26. The molecule has 1 N–H and O–H groups in total. The van der Waals surface area contributed by atoms with Crippen LogP contribution in [0.2, 0.25) is 0 Å². The average Bonchev–Trinajstić information content (AvgIpc) is 2.01. The Morgan fingerprint density at radius 1 is 1.50 bits per heavy atom. The molecule has 14 heavy (non-hydrogen) atoms. The van der Waals surface area contributed by atoms with Crippen LogP contribution >= 0.6 is 0 Å². The molecule has 1 aliphatic rings. The standard InChI is InChI=1S/C11H20N2O/c1-11(2,3)12-10(14)9-6-5-7-13(4)8-9/h6H,5,7-8H2,1-4H3,(H,12,14). The molecule has 0 fully saturated rings. The van der Waals surface area contributed by atoms with E-state index in [9.17, 15) is 4.79 Å². The van der Waals surface area contributed by atoms with Crippen molar-refractivity contribution in [3.63, 3.8) is 0 Å². The predicted octanol–water partition coefficient (Wildman–Crippen LogP) is 1.16. The smallest absolute Gasteiger partial charge is 0.248 e. The molecule has 0 aliphatic carbocycles. The molecule has 0 saturated carbocycles. The highest BCUT2D eigenvalue weighted by molar-refractivity contribution is 5.94. The van der Waals surface area contributed by atoms with Crippen molar-refractivity contribution in [1.82, 2.24) is 10.2 Å². The minimum Gasteiger partial charge on any atom is -0.348 e. The summed E-state index contributed by atoms with van der Waals surface area (Å²) in [6.07, 6.45) is 3.02. The zero-order valence-electron chi connectivity index (χ0n) is 9.55. The van der Waals surface area contributed by atoms with Crippen molar-refractivity contribution < 1.29 is 4.79 Å². The maximum Gasteiger partial charge on any atom is 0.248 e. The summed E-state index contributed by atoms with van der Waals surface area (Å²) in [6.45, 7) is 7.81. The summed E-state index contributed by atoms with van der Waals surface area (Å²) in [5.41, 5.74) is 0.752. The molecule has 3 heteroatoms. The van der Waals surface area contributed by atoms with Crippen LogP contribution in [0.25, 0.3) is 0 Å². The van der Waals surface area contributed by atoms with E-state index in [0.29, 0.717) is 0 Å². The molecule has 0 spiro atoms. The van der Waals surface area contributed by atoms with E-state index in [1.54, 1.807) is 0 Å². The fourth-order valence-corrected chi connectivity index (χ4v) is 1.48. The van der Waals surface area contributed by atoms with Crippen molar-refractivity contribution in [2.24, 2.45) is 0 Å². The lowest BCUT2D eigenvalue weighted by molar-refractivity contribution is -0.119. The second-order valence-electron chi connectivity index (χ2n) is 4.96. The first kappa shape index (κ1) is 11.2. The van der Waals surface area contributed by atoms with Gasteiger partial charge in [0.15, 0.2) is 0 Å². The molecule has 1 aliphatic heterocycles. The monoisotopic (exact) mass is 196 g/mol. The summed E-state index contributed by atoms with van der Waals surface area (Å²) in [5, 5.41) is 2.98. The SMILES string of the molecule is CN1CCC=C(C(=O)NC(C)(C)C)C1. The number of likely N-dealkylation sites (N-methyl/N-ethyl adjacent to an activating group) is 1. The van der Waals surface area contributed by atoms with Crippen LogP contribution in [0.3, 0.4) is 0 Å². The Balaban J connectivity index is 2.57. The van der Waals surface area contributed by atoms with E-state index >= 15 is 0 Å². The number of nitrogens with zero attached hydrogens (tertiary/aromatic N) is 1. The summed E-state index contributed by atoms with van der Waals surface area (Å²) in [7, 11) is 2.04. The zero-order chi connectivity index (χ0) is 10.8. The van der Waals surface area contributed by atoms with E-state index in [-0.39, 0.29) is 11.4 Å². The van der Waals surface area contributed by atoms with Gasteiger partial charge < -0.3 is 10.2 Å². The van der Waals surface area contributed by atoms with Crippen molar-refractivity contribution >= 4 is 5.91 Å². The molecule has 0 unspecified atom stereocenters. The number of hydrogen-bond acceptors (Lipinski definition) is 2. The molecule has 0 saturated heterocycles. The van der Waals surface area contributed by atoms with Gasteiger partial charge in [0.05, 0.1) is 0 Å². The van der Waals surface area contributed by atoms with Crippen molar-refractivity contribution in [2.75, 3.05) is 20.1 Å². The summed E-state index contributed by atoms with van der Waals surface area (Å²) < 4.78 is 0. The normalized spacial score (nSPS) is 19.0. The Bertz CT molecular complexity index is 251. The Labute approximate surface area is 86.2 Å². The van der Waals surface area contributed by atoms with Gasteiger partial charge in [-0.25, -0.2) is 0 Å². The third kappa shape index (κ3) is 3.50. The van der Waals surface area contributed by atoms with Gasteiger partial charge in [-0.15, -0.1) is 0 Å². The molecule has 80 valence electrons. The molecule has 1 heterocycles. The lowest BCUT2D eigenvalue weighted by atomic mass is 10.1. The van der Waals surface area contributed by atoms with Gasteiger partial charge in [0, 0.05) is 24.2 Å². The van der Waals surface area contributed by atoms with Crippen molar-refractivity contribution in [1.29, 1.82) is 0 Å². The topological polar surface area (TPSA) is 32.3 Å². The van der Waals surface area contributed by atoms with Crippen LogP contribution < -0.4 is 5.32 Å². The number of carbonyl (C=O) groups excluding carboxylic acids is 1. The summed E-state index contributed by atoms with van der Waals surface area (Å²) >= 11 is 0. The van der Waals surface area contributed by atoms with E-state index in [2.05, 4.69) is 10.2 Å². The number of hydrogen-bond donors (Lipinski definition) is 1. The first-order valence-corrected chi connectivity index (χ1v) is 5.08. The zero-order valence-corrected chi connectivity index (χ0v) is 9.55. The molecule has 0 aromatic rings. The molecular weight excluding hydrogens is 176 g/mol. The van der Waals surface area contributed by atoms with Gasteiger partial charge in [0.2, 0.25) is 5.91 Å². The molecular formula is C11H20N2O. The molecule has 0 bridgehead atoms. The minimum absolute atomic E-state index is 0.0732. The molecule has 0 radical (unpaired) electrons. The average molecular weight is 196 g/mol. The van der Waals surface area contributed by atoms with Crippen LogP contribution in [0, 0.1) is 0 Å². The molecule has 0 atom stereocenters. The molecule has 0 aromatic heterocycles. The Kier molecular flexibility index (Phi) is 3.32. The third-order valence-corrected chi connectivity index (χ3v) is 2.12. The highest BCUT2D eigenvalue weighted by atomic mass is 16.1. The van der Waals surface area contributed by atoms with Gasteiger partial charge in [0.25, 0.3) is 0 Å². The number of amides is 1. The third-order valence-electron chi connectivity index (χ3n) is 2.12. The highest BCUT2D eigenvalue weighted by Crippen LogP contribution is 2.09. The summed E-state index contributed by atoms with van der Waals surface area (Å²) in [6, 6.07) is 0. The highest BCUT2D eigenvalue weighted by Gasteiger charge is 2.19. The Hall–Kier alpha value is -0.830. The second kappa shape index (κ2) is 4.13. The minimum atomic E-state index is -0.145. The number of rotatable bonds is 1. The summed E-state index contributed by atoms with van der Waals surface area (Å²) in [5.74, 6) is 0.0732. The van der Waals surface area contributed by atoms with E-state index in [0.717, 1.165) is 25.1 Å². The number of nitrogens with one attached hydrogen (secondary N) is 1. The van der Waals surface area contributed by atoms with Gasteiger partial charge in [0.1, 0.15) is 0 Å².